The SMILES string of the molecule is CC1CCN(C(=O)C(C)(C)C)CC1CN. The van der Waals surface area contributed by atoms with Crippen molar-refractivity contribution in [2.24, 2.45) is 23.0 Å². The number of rotatable bonds is 1. The third kappa shape index (κ3) is 2.94. The summed E-state index contributed by atoms with van der Waals surface area (Å²) in [5, 5.41) is 0. The van der Waals surface area contributed by atoms with Crippen LogP contribution in [0.1, 0.15) is 34.1 Å². The van der Waals surface area contributed by atoms with Crippen LogP contribution in [0.4, 0.5) is 0 Å². The molecule has 88 valence electrons. The van der Waals surface area contributed by atoms with E-state index >= 15 is 0 Å². The molecule has 1 fully saturated rings. The topological polar surface area (TPSA) is 46.3 Å². The molecule has 2 unspecified atom stereocenters. The molecule has 0 radical (unpaired) electrons. The number of nitrogens with zero attached hydrogens (tertiary/aromatic N) is 1. The maximum absolute atomic E-state index is 12.1. The van der Waals surface area contributed by atoms with Gasteiger partial charge in [-0.2, -0.15) is 0 Å². The van der Waals surface area contributed by atoms with Crippen molar-refractivity contribution in [2.75, 3.05) is 19.6 Å². The lowest BCUT2D eigenvalue weighted by Gasteiger charge is -2.39. The molecule has 0 aromatic rings. The first-order valence-corrected chi connectivity index (χ1v) is 5.85. The molecule has 3 heteroatoms. The van der Waals surface area contributed by atoms with Crippen molar-refractivity contribution in [3.8, 4) is 0 Å². The zero-order chi connectivity index (χ0) is 11.6. The van der Waals surface area contributed by atoms with Crippen molar-refractivity contribution in [3.05, 3.63) is 0 Å². The average molecular weight is 212 g/mol. The van der Waals surface area contributed by atoms with E-state index in [1.54, 1.807) is 0 Å². The third-order valence-corrected chi connectivity index (χ3v) is 3.35. The molecule has 1 saturated heterocycles. The number of hydrogen-bond acceptors (Lipinski definition) is 2. The molecule has 3 nitrogen and oxygen atoms in total. The highest BCUT2D eigenvalue weighted by molar-refractivity contribution is 5.81. The van der Waals surface area contributed by atoms with Crippen molar-refractivity contribution >= 4 is 5.91 Å². The molecular weight excluding hydrogens is 188 g/mol. The Labute approximate surface area is 93.0 Å². The molecule has 1 rings (SSSR count). The largest absolute Gasteiger partial charge is 0.342 e. The van der Waals surface area contributed by atoms with Gasteiger partial charge in [-0.05, 0) is 24.8 Å². The van der Waals surface area contributed by atoms with E-state index in [1.165, 1.54) is 0 Å². The number of carbonyl (C=O) groups is 1. The van der Waals surface area contributed by atoms with Crippen LogP contribution in [0, 0.1) is 17.3 Å². The maximum atomic E-state index is 12.1. The Bertz CT molecular complexity index is 232. The van der Waals surface area contributed by atoms with Crippen LogP contribution in [-0.4, -0.2) is 30.4 Å². The maximum Gasteiger partial charge on any atom is 0.227 e. The minimum absolute atomic E-state index is 0.257. The molecule has 0 bridgehead atoms. The number of likely N-dealkylation sites (tertiary alicyclic amines) is 1. The van der Waals surface area contributed by atoms with Crippen molar-refractivity contribution < 1.29 is 4.79 Å². The number of nitrogens with two attached hydrogens (primary N) is 1. The van der Waals surface area contributed by atoms with E-state index in [9.17, 15) is 4.79 Å². The molecule has 1 aliphatic rings. The fourth-order valence-electron chi connectivity index (χ4n) is 2.12. The Balaban J connectivity index is 2.62. The highest BCUT2D eigenvalue weighted by atomic mass is 16.2. The summed E-state index contributed by atoms with van der Waals surface area (Å²) >= 11 is 0. The molecule has 1 aliphatic heterocycles. The van der Waals surface area contributed by atoms with Gasteiger partial charge in [-0.3, -0.25) is 4.79 Å². The lowest BCUT2D eigenvalue weighted by atomic mass is 9.85. The number of piperidine rings is 1. The highest BCUT2D eigenvalue weighted by Gasteiger charge is 2.32. The molecule has 0 aromatic heterocycles. The highest BCUT2D eigenvalue weighted by Crippen LogP contribution is 2.26. The van der Waals surface area contributed by atoms with Crippen molar-refractivity contribution in [3.63, 3.8) is 0 Å². The van der Waals surface area contributed by atoms with Crippen LogP contribution >= 0.6 is 0 Å². The number of carbonyl (C=O) groups excluding carboxylic acids is 1. The van der Waals surface area contributed by atoms with Gasteiger partial charge in [0.25, 0.3) is 0 Å². The Morgan fingerprint density at radius 1 is 1.47 bits per heavy atom. The fourth-order valence-corrected chi connectivity index (χ4v) is 2.12. The Kier molecular flexibility index (Phi) is 3.77. The van der Waals surface area contributed by atoms with Gasteiger partial charge in [-0.1, -0.05) is 27.7 Å². The van der Waals surface area contributed by atoms with E-state index in [2.05, 4.69) is 6.92 Å². The molecular formula is C12H24N2O. The molecule has 2 atom stereocenters. The molecule has 0 saturated carbocycles. The average Bonchev–Trinajstić information content (AvgIpc) is 2.16. The molecule has 2 N–H and O–H groups in total. The molecule has 0 spiro atoms. The van der Waals surface area contributed by atoms with Crippen LogP contribution in [0.2, 0.25) is 0 Å². The van der Waals surface area contributed by atoms with Crippen LogP contribution in [-0.2, 0) is 4.79 Å². The van der Waals surface area contributed by atoms with E-state index < -0.39 is 0 Å². The van der Waals surface area contributed by atoms with Gasteiger partial charge >= 0.3 is 0 Å². The van der Waals surface area contributed by atoms with Crippen molar-refractivity contribution in [2.45, 2.75) is 34.1 Å². The van der Waals surface area contributed by atoms with Crippen molar-refractivity contribution in [1.82, 2.24) is 4.90 Å². The van der Waals surface area contributed by atoms with Crippen molar-refractivity contribution in [1.29, 1.82) is 0 Å². The first kappa shape index (κ1) is 12.5. The minimum atomic E-state index is -0.264. The van der Waals surface area contributed by atoms with Gasteiger partial charge in [-0.25, -0.2) is 0 Å². The summed E-state index contributed by atoms with van der Waals surface area (Å²) in [6, 6.07) is 0. The van der Waals surface area contributed by atoms with Gasteiger partial charge in [0.15, 0.2) is 0 Å². The lowest BCUT2D eigenvalue weighted by Crippen LogP contribution is -2.49. The van der Waals surface area contributed by atoms with Crippen LogP contribution in [0.15, 0.2) is 0 Å². The van der Waals surface area contributed by atoms with Gasteiger partial charge in [0.1, 0.15) is 0 Å². The van der Waals surface area contributed by atoms with Crippen LogP contribution in [0.25, 0.3) is 0 Å². The Hall–Kier alpha value is -0.570. The lowest BCUT2D eigenvalue weighted by molar-refractivity contribution is -0.142. The standard InChI is InChI=1S/C12H24N2O/c1-9-5-6-14(8-10(9)7-13)11(15)12(2,3)4/h9-10H,5-8,13H2,1-4H3. The quantitative estimate of drug-likeness (QED) is 0.715. The Morgan fingerprint density at radius 2 is 2.07 bits per heavy atom. The van der Waals surface area contributed by atoms with E-state index in [1.807, 2.05) is 25.7 Å². The monoisotopic (exact) mass is 212 g/mol. The predicted molar refractivity (Wildman–Crippen MR) is 62.4 cm³/mol. The van der Waals surface area contributed by atoms with E-state index in [0.717, 1.165) is 19.5 Å². The number of hydrogen-bond donors (Lipinski definition) is 1. The van der Waals surface area contributed by atoms with Gasteiger partial charge < -0.3 is 10.6 Å². The smallest absolute Gasteiger partial charge is 0.227 e. The summed E-state index contributed by atoms with van der Waals surface area (Å²) in [6.07, 6.45) is 1.09. The van der Waals surface area contributed by atoms with E-state index in [4.69, 9.17) is 5.73 Å². The third-order valence-electron chi connectivity index (χ3n) is 3.35. The first-order valence-electron chi connectivity index (χ1n) is 5.85. The van der Waals surface area contributed by atoms with Gasteiger partial charge in [0.2, 0.25) is 5.91 Å². The number of amides is 1. The van der Waals surface area contributed by atoms with Crippen LogP contribution < -0.4 is 5.73 Å². The van der Waals surface area contributed by atoms with Crippen LogP contribution in [0.3, 0.4) is 0 Å². The zero-order valence-corrected chi connectivity index (χ0v) is 10.4. The summed E-state index contributed by atoms with van der Waals surface area (Å²) < 4.78 is 0. The first-order chi connectivity index (χ1) is 6.86. The summed E-state index contributed by atoms with van der Waals surface area (Å²) in [7, 11) is 0. The second kappa shape index (κ2) is 4.52. The zero-order valence-electron chi connectivity index (χ0n) is 10.4. The Morgan fingerprint density at radius 3 is 2.53 bits per heavy atom. The molecule has 0 aromatic carbocycles. The normalized spacial score (nSPS) is 27.9. The predicted octanol–water partition coefficient (Wildman–Crippen LogP) is 1.48. The molecule has 1 heterocycles. The summed E-state index contributed by atoms with van der Waals surface area (Å²) in [4.78, 5) is 14.1. The second-order valence-corrected chi connectivity index (χ2v) is 5.76. The van der Waals surface area contributed by atoms with Crippen LogP contribution in [0.5, 0.6) is 0 Å². The second-order valence-electron chi connectivity index (χ2n) is 5.76. The fraction of sp³-hybridized carbons (Fsp3) is 0.917. The summed E-state index contributed by atoms with van der Waals surface area (Å²) in [5.74, 6) is 1.39. The molecule has 15 heavy (non-hydrogen) atoms. The summed E-state index contributed by atoms with van der Waals surface area (Å²) in [6.45, 7) is 10.6. The summed E-state index contributed by atoms with van der Waals surface area (Å²) in [5.41, 5.74) is 5.46. The molecule has 1 amide bonds. The molecule has 0 aliphatic carbocycles. The van der Waals surface area contributed by atoms with E-state index in [-0.39, 0.29) is 11.3 Å². The van der Waals surface area contributed by atoms with Gasteiger partial charge in [0.05, 0.1) is 0 Å². The van der Waals surface area contributed by atoms with Gasteiger partial charge in [0, 0.05) is 18.5 Å². The minimum Gasteiger partial charge on any atom is -0.342 e. The van der Waals surface area contributed by atoms with E-state index in [0.29, 0.717) is 18.4 Å². The van der Waals surface area contributed by atoms with Gasteiger partial charge in [-0.15, -0.1) is 0 Å².